The van der Waals surface area contributed by atoms with Gasteiger partial charge in [-0.1, -0.05) is 25.1 Å². The molecule has 0 atom stereocenters. The molecule has 2 aromatic rings. The van der Waals surface area contributed by atoms with Gasteiger partial charge >= 0.3 is 0 Å². The number of rotatable bonds is 7. The van der Waals surface area contributed by atoms with Gasteiger partial charge in [0.25, 0.3) is 0 Å². The number of para-hydroxylation sites is 1. The summed E-state index contributed by atoms with van der Waals surface area (Å²) in [7, 11) is 3.72. The molecule has 0 aliphatic heterocycles. The van der Waals surface area contributed by atoms with Crippen LogP contribution in [0.3, 0.4) is 0 Å². The molecule has 0 spiro atoms. The van der Waals surface area contributed by atoms with Crippen LogP contribution in [-0.2, 0) is 18.3 Å². The van der Waals surface area contributed by atoms with E-state index in [2.05, 4.69) is 22.9 Å². The second-order valence-electron chi connectivity index (χ2n) is 6.66. The van der Waals surface area contributed by atoms with Crippen molar-refractivity contribution >= 4 is 16.8 Å². The minimum atomic E-state index is -0.663. The number of carbonyl (C=O) groups is 1. The van der Waals surface area contributed by atoms with Gasteiger partial charge in [-0.3, -0.25) is 4.79 Å². The van der Waals surface area contributed by atoms with Crippen LogP contribution in [0.15, 0.2) is 30.5 Å². The highest BCUT2D eigenvalue weighted by molar-refractivity contribution is 5.84. The molecule has 0 aliphatic carbocycles. The molecule has 1 heterocycles. The van der Waals surface area contributed by atoms with Crippen molar-refractivity contribution in [2.24, 2.45) is 12.5 Å². The van der Waals surface area contributed by atoms with E-state index in [9.17, 15) is 15.0 Å². The van der Waals surface area contributed by atoms with Crippen LogP contribution in [0.4, 0.5) is 0 Å². The maximum absolute atomic E-state index is 12.3. The number of hydrogen-bond acceptors (Lipinski definition) is 3. The number of nitrogens with zero attached hydrogens (tertiary/aromatic N) is 2. The molecule has 0 fully saturated rings. The largest absolute Gasteiger partial charge is 0.396 e. The first kappa shape index (κ1) is 17.5. The zero-order valence-corrected chi connectivity index (χ0v) is 14.1. The van der Waals surface area contributed by atoms with Gasteiger partial charge in [-0.25, -0.2) is 0 Å². The van der Waals surface area contributed by atoms with E-state index in [-0.39, 0.29) is 19.1 Å². The highest BCUT2D eigenvalue weighted by Gasteiger charge is 2.26. The van der Waals surface area contributed by atoms with Crippen LogP contribution in [0.5, 0.6) is 0 Å². The molecule has 0 saturated heterocycles. The lowest BCUT2D eigenvalue weighted by molar-refractivity contribution is -0.132. The third-order valence-corrected chi connectivity index (χ3v) is 4.40. The van der Waals surface area contributed by atoms with Crippen LogP contribution in [0.1, 0.15) is 18.9 Å². The summed E-state index contributed by atoms with van der Waals surface area (Å²) in [5.41, 5.74) is 1.66. The first-order valence-corrected chi connectivity index (χ1v) is 7.89. The Bertz CT molecular complexity index is 674. The minimum Gasteiger partial charge on any atom is -0.396 e. The SMILES string of the molecule is CN(CC(C)(CO)CO)C(=O)CCc1cn(C)c2ccccc12. The second kappa shape index (κ2) is 7.15. The first-order chi connectivity index (χ1) is 10.9. The van der Waals surface area contributed by atoms with Gasteiger partial charge < -0.3 is 19.7 Å². The Morgan fingerprint density at radius 3 is 2.57 bits per heavy atom. The molecule has 1 aromatic carbocycles. The highest BCUT2D eigenvalue weighted by atomic mass is 16.3. The summed E-state index contributed by atoms with van der Waals surface area (Å²) < 4.78 is 2.08. The van der Waals surface area contributed by atoms with Gasteiger partial charge in [0, 0.05) is 49.6 Å². The number of aliphatic hydroxyl groups excluding tert-OH is 2. The summed E-state index contributed by atoms with van der Waals surface area (Å²) in [6.45, 7) is 1.81. The Morgan fingerprint density at radius 1 is 1.26 bits per heavy atom. The van der Waals surface area contributed by atoms with Crippen molar-refractivity contribution in [3.63, 3.8) is 0 Å². The van der Waals surface area contributed by atoms with Crippen molar-refractivity contribution in [2.75, 3.05) is 26.8 Å². The van der Waals surface area contributed by atoms with E-state index in [1.54, 1.807) is 18.9 Å². The Morgan fingerprint density at radius 2 is 1.91 bits per heavy atom. The number of hydrogen-bond donors (Lipinski definition) is 2. The molecule has 0 unspecified atom stereocenters. The number of benzene rings is 1. The molecule has 0 saturated carbocycles. The predicted octanol–water partition coefficient (Wildman–Crippen LogP) is 1.56. The average Bonchev–Trinajstić information content (AvgIpc) is 2.89. The van der Waals surface area contributed by atoms with E-state index >= 15 is 0 Å². The summed E-state index contributed by atoms with van der Waals surface area (Å²) in [5, 5.41) is 19.9. The van der Waals surface area contributed by atoms with Gasteiger partial charge in [0.15, 0.2) is 0 Å². The van der Waals surface area contributed by atoms with Gasteiger partial charge in [-0.15, -0.1) is 0 Å². The number of carbonyl (C=O) groups excluding carboxylic acids is 1. The first-order valence-electron chi connectivity index (χ1n) is 7.89. The van der Waals surface area contributed by atoms with E-state index < -0.39 is 5.41 Å². The molecule has 5 nitrogen and oxygen atoms in total. The molecule has 126 valence electrons. The van der Waals surface area contributed by atoms with Crippen molar-refractivity contribution in [2.45, 2.75) is 19.8 Å². The summed E-state index contributed by atoms with van der Waals surface area (Å²) in [6, 6.07) is 8.16. The number of amides is 1. The molecule has 0 bridgehead atoms. The Kier molecular flexibility index (Phi) is 5.44. The molecule has 2 N–H and O–H groups in total. The predicted molar refractivity (Wildman–Crippen MR) is 91.2 cm³/mol. The summed E-state index contributed by atoms with van der Waals surface area (Å²) in [6.07, 6.45) is 3.17. The van der Waals surface area contributed by atoms with E-state index in [1.165, 1.54) is 5.39 Å². The van der Waals surface area contributed by atoms with Crippen molar-refractivity contribution in [1.82, 2.24) is 9.47 Å². The third-order valence-electron chi connectivity index (χ3n) is 4.40. The molecule has 1 amide bonds. The van der Waals surface area contributed by atoms with Crippen LogP contribution >= 0.6 is 0 Å². The molecule has 23 heavy (non-hydrogen) atoms. The number of aryl methyl sites for hydroxylation is 2. The quantitative estimate of drug-likeness (QED) is 0.814. The average molecular weight is 318 g/mol. The third kappa shape index (κ3) is 3.92. The van der Waals surface area contributed by atoms with Crippen molar-refractivity contribution < 1.29 is 15.0 Å². The van der Waals surface area contributed by atoms with Crippen molar-refractivity contribution in [3.05, 3.63) is 36.0 Å². The van der Waals surface area contributed by atoms with Gasteiger partial charge in [-0.2, -0.15) is 0 Å². The number of fused-ring (bicyclic) bond motifs is 1. The molecule has 0 radical (unpaired) electrons. The smallest absolute Gasteiger partial charge is 0.222 e. The van der Waals surface area contributed by atoms with Gasteiger partial charge in [0.2, 0.25) is 5.91 Å². The van der Waals surface area contributed by atoms with E-state index in [4.69, 9.17) is 0 Å². The van der Waals surface area contributed by atoms with Crippen LogP contribution < -0.4 is 0 Å². The van der Waals surface area contributed by atoms with E-state index in [0.717, 1.165) is 11.1 Å². The highest BCUT2D eigenvalue weighted by Crippen LogP contribution is 2.22. The van der Waals surface area contributed by atoms with Gasteiger partial charge in [0.1, 0.15) is 0 Å². The fourth-order valence-corrected chi connectivity index (χ4v) is 2.87. The standard InChI is InChI=1S/C18H26N2O3/c1-18(12-21,13-22)11-20(3)17(23)9-8-14-10-19(2)16-7-5-4-6-15(14)16/h4-7,10,21-22H,8-9,11-13H2,1-3H3. The topological polar surface area (TPSA) is 65.7 Å². The zero-order chi connectivity index (χ0) is 17.0. The lowest BCUT2D eigenvalue weighted by atomic mass is 9.92. The van der Waals surface area contributed by atoms with Crippen molar-refractivity contribution in [1.29, 1.82) is 0 Å². The summed E-state index contributed by atoms with van der Waals surface area (Å²) >= 11 is 0. The monoisotopic (exact) mass is 318 g/mol. The fraction of sp³-hybridized carbons (Fsp3) is 0.500. The van der Waals surface area contributed by atoms with Crippen LogP contribution in [0.25, 0.3) is 10.9 Å². The fourth-order valence-electron chi connectivity index (χ4n) is 2.87. The van der Waals surface area contributed by atoms with Gasteiger partial charge in [0.05, 0.1) is 13.2 Å². The summed E-state index contributed by atoms with van der Waals surface area (Å²) in [5.74, 6) is 0.0195. The maximum atomic E-state index is 12.3. The summed E-state index contributed by atoms with van der Waals surface area (Å²) in [4.78, 5) is 13.9. The molecule has 2 rings (SSSR count). The van der Waals surface area contributed by atoms with E-state index in [1.807, 2.05) is 19.2 Å². The lowest BCUT2D eigenvalue weighted by Crippen LogP contribution is -2.41. The second-order valence-corrected chi connectivity index (χ2v) is 6.66. The maximum Gasteiger partial charge on any atom is 0.222 e. The van der Waals surface area contributed by atoms with Crippen molar-refractivity contribution in [3.8, 4) is 0 Å². The minimum absolute atomic E-state index is 0.0195. The Labute approximate surface area is 137 Å². The van der Waals surface area contributed by atoms with Crippen LogP contribution in [-0.4, -0.2) is 52.4 Å². The normalized spacial score (nSPS) is 11.9. The van der Waals surface area contributed by atoms with E-state index in [0.29, 0.717) is 19.4 Å². The molecular formula is C18H26N2O3. The Hall–Kier alpha value is -1.85. The lowest BCUT2D eigenvalue weighted by Gasteiger charge is -2.30. The Balaban J connectivity index is 2.01. The van der Waals surface area contributed by atoms with Gasteiger partial charge in [-0.05, 0) is 18.1 Å². The number of aliphatic hydroxyl groups is 2. The van der Waals surface area contributed by atoms with Crippen LogP contribution in [0.2, 0.25) is 0 Å². The molecule has 1 aromatic heterocycles. The number of aromatic nitrogens is 1. The van der Waals surface area contributed by atoms with Crippen LogP contribution in [0, 0.1) is 5.41 Å². The molecule has 0 aliphatic rings. The zero-order valence-electron chi connectivity index (χ0n) is 14.1. The molecule has 5 heteroatoms. The molecular weight excluding hydrogens is 292 g/mol.